The molecule has 60 valence electrons. The minimum Gasteiger partial charge on any atom is -0.619 e. The largest absolute Gasteiger partial charge is 0.619 e. The van der Waals surface area contributed by atoms with Crippen molar-refractivity contribution in [3.8, 4) is 0 Å². The summed E-state index contributed by atoms with van der Waals surface area (Å²) < 4.78 is 0.806. The maximum atomic E-state index is 10.8. The van der Waals surface area contributed by atoms with Crippen LogP contribution in [0.3, 0.4) is 0 Å². The molecule has 0 aromatic carbocycles. The molecule has 3 nitrogen and oxygen atoms in total. The molecule has 0 atom stereocenters. The minimum absolute atomic E-state index is 0.127. The van der Waals surface area contributed by atoms with Crippen LogP contribution in [-0.2, 0) is 6.42 Å². The van der Waals surface area contributed by atoms with Gasteiger partial charge in [-0.3, -0.25) is 0 Å². The van der Waals surface area contributed by atoms with Gasteiger partial charge in [0.1, 0.15) is 0 Å². The molecule has 0 saturated carbocycles. The highest BCUT2D eigenvalue weighted by atomic mass is 16.5. The summed E-state index contributed by atoms with van der Waals surface area (Å²) in [5.74, 6) is 0. The quantitative estimate of drug-likeness (QED) is 0.486. The zero-order valence-electron chi connectivity index (χ0n) is 6.45. The van der Waals surface area contributed by atoms with Gasteiger partial charge in [0.15, 0.2) is 11.9 Å². The van der Waals surface area contributed by atoms with E-state index in [4.69, 9.17) is 5.11 Å². The third kappa shape index (κ3) is 1.91. The number of aliphatic hydroxyl groups is 1. The Morgan fingerprint density at radius 2 is 2.36 bits per heavy atom. The number of aromatic nitrogens is 1. The predicted molar refractivity (Wildman–Crippen MR) is 40.9 cm³/mol. The Morgan fingerprint density at radius 1 is 1.64 bits per heavy atom. The molecular weight excluding hydrogens is 142 g/mol. The van der Waals surface area contributed by atoms with Crippen molar-refractivity contribution in [3.05, 3.63) is 34.8 Å². The van der Waals surface area contributed by atoms with Gasteiger partial charge in [-0.15, -0.1) is 0 Å². The molecule has 0 radical (unpaired) electrons. The Balaban J connectivity index is 2.86. The third-order valence-electron chi connectivity index (χ3n) is 1.57. The number of rotatable bonds is 2. The molecule has 11 heavy (non-hydrogen) atoms. The Morgan fingerprint density at radius 3 is 2.91 bits per heavy atom. The van der Waals surface area contributed by atoms with Gasteiger partial charge in [0.2, 0.25) is 0 Å². The molecule has 0 fully saturated rings. The Bertz CT molecular complexity index is 248. The lowest BCUT2D eigenvalue weighted by Gasteiger charge is -2.01. The fourth-order valence-electron chi connectivity index (χ4n) is 0.946. The van der Waals surface area contributed by atoms with Gasteiger partial charge in [0.25, 0.3) is 0 Å². The van der Waals surface area contributed by atoms with Crippen molar-refractivity contribution in [3.63, 3.8) is 0 Å². The van der Waals surface area contributed by atoms with Crippen molar-refractivity contribution in [2.24, 2.45) is 0 Å². The Hall–Kier alpha value is -1.09. The highest BCUT2D eigenvalue weighted by Crippen LogP contribution is 1.98. The molecule has 3 heteroatoms. The summed E-state index contributed by atoms with van der Waals surface area (Å²) in [6, 6.07) is 3.50. The summed E-state index contributed by atoms with van der Waals surface area (Å²) in [4.78, 5) is 0. The molecular formula is C8H11NO2. The lowest BCUT2D eigenvalue weighted by atomic mass is 10.2. The molecule has 1 rings (SSSR count). The van der Waals surface area contributed by atoms with E-state index in [9.17, 15) is 5.21 Å². The summed E-state index contributed by atoms with van der Waals surface area (Å²) in [5.41, 5.74) is 1.66. The minimum atomic E-state index is 0.127. The summed E-state index contributed by atoms with van der Waals surface area (Å²) in [6.45, 7) is 1.87. The van der Waals surface area contributed by atoms with Crippen LogP contribution in [0, 0.1) is 12.1 Å². The second kappa shape index (κ2) is 3.34. The van der Waals surface area contributed by atoms with Gasteiger partial charge in [0, 0.05) is 25.7 Å². The van der Waals surface area contributed by atoms with Crippen LogP contribution in [0.15, 0.2) is 18.3 Å². The molecule has 1 N–H and O–H groups in total. The van der Waals surface area contributed by atoms with Crippen LogP contribution in [0.5, 0.6) is 0 Å². The lowest BCUT2D eigenvalue weighted by molar-refractivity contribution is -0.612. The van der Waals surface area contributed by atoms with Crippen LogP contribution < -0.4 is 4.73 Å². The van der Waals surface area contributed by atoms with Crippen molar-refractivity contribution < 1.29 is 9.84 Å². The Kier molecular flexibility index (Phi) is 2.44. The summed E-state index contributed by atoms with van der Waals surface area (Å²) in [6.07, 6.45) is 2.07. The number of nitrogens with zero attached hydrogens (tertiary/aromatic N) is 1. The van der Waals surface area contributed by atoms with Crippen molar-refractivity contribution in [2.45, 2.75) is 13.3 Å². The van der Waals surface area contributed by atoms with E-state index in [1.54, 1.807) is 19.1 Å². The van der Waals surface area contributed by atoms with Gasteiger partial charge < -0.3 is 10.3 Å². The first-order valence-electron chi connectivity index (χ1n) is 3.53. The first-order valence-corrected chi connectivity index (χ1v) is 3.53. The fraction of sp³-hybridized carbons (Fsp3) is 0.375. The second-order valence-corrected chi connectivity index (χ2v) is 2.48. The molecule has 0 spiro atoms. The molecule has 0 unspecified atom stereocenters. The van der Waals surface area contributed by atoms with E-state index < -0.39 is 0 Å². The number of hydrogen-bond acceptors (Lipinski definition) is 2. The first kappa shape index (κ1) is 8.01. The normalized spacial score (nSPS) is 10.0. The second-order valence-electron chi connectivity index (χ2n) is 2.48. The molecule has 1 heterocycles. The topological polar surface area (TPSA) is 47.2 Å². The van der Waals surface area contributed by atoms with Crippen LogP contribution in [0.2, 0.25) is 0 Å². The first-order chi connectivity index (χ1) is 5.24. The summed E-state index contributed by atoms with van der Waals surface area (Å²) >= 11 is 0. The zero-order chi connectivity index (χ0) is 8.27. The van der Waals surface area contributed by atoms with Crippen molar-refractivity contribution in [2.75, 3.05) is 6.61 Å². The van der Waals surface area contributed by atoms with E-state index in [2.05, 4.69) is 0 Å². The van der Waals surface area contributed by atoms with E-state index >= 15 is 0 Å². The van der Waals surface area contributed by atoms with Gasteiger partial charge >= 0.3 is 0 Å². The maximum Gasteiger partial charge on any atom is 0.189 e. The van der Waals surface area contributed by atoms with E-state index in [1.807, 2.05) is 0 Å². The number of aliphatic hydroxyl groups excluding tert-OH is 1. The van der Waals surface area contributed by atoms with E-state index in [-0.39, 0.29) is 6.61 Å². The van der Waals surface area contributed by atoms with E-state index in [0.717, 1.165) is 10.3 Å². The smallest absolute Gasteiger partial charge is 0.189 e. The molecule has 0 bridgehead atoms. The van der Waals surface area contributed by atoms with Gasteiger partial charge in [-0.25, -0.2) is 0 Å². The van der Waals surface area contributed by atoms with E-state index in [0.29, 0.717) is 12.1 Å². The average molecular weight is 153 g/mol. The summed E-state index contributed by atoms with van der Waals surface area (Å²) in [7, 11) is 0. The molecule has 1 aromatic heterocycles. The molecule has 0 saturated heterocycles. The standard InChI is InChI=1S/C8H11NO2/c1-7-6-8(3-5-10)2-4-9(7)11/h2,4,6,10H,3,5H2,1H3. The third-order valence-corrected chi connectivity index (χ3v) is 1.57. The summed E-state index contributed by atoms with van der Waals surface area (Å²) in [5, 5.41) is 19.4. The van der Waals surface area contributed by atoms with Gasteiger partial charge in [-0.2, -0.15) is 4.73 Å². The average Bonchev–Trinajstić information content (AvgIpc) is 1.98. The van der Waals surface area contributed by atoms with Crippen LogP contribution in [-0.4, -0.2) is 11.7 Å². The SMILES string of the molecule is Cc1cc(CCO)cc[n+]1[O-]. The molecule has 0 aliphatic rings. The molecule has 1 aromatic rings. The van der Waals surface area contributed by atoms with Crippen molar-refractivity contribution in [1.82, 2.24) is 0 Å². The number of aryl methyl sites for hydroxylation is 1. The molecule has 0 amide bonds. The van der Waals surface area contributed by atoms with Gasteiger partial charge in [-0.05, 0) is 12.0 Å². The van der Waals surface area contributed by atoms with Crippen LogP contribution in [0.1, 0.15) is 11.3 Å². The highest BCUT2D eigenvalue weighted by molar-refractivity contribution is 5.12. The molecule has 0 aliphatic carbocycles. The maximum absolute atomic E-state index is 10.8. The Labute approximate surface area is 65.5 Å². The number of hydrogen-bond donors (Lipinski definition) is 1. The van der Waals surface area contributed by atoms with Crippen molar-refractivity contribution >= 4 is 0 Å². The zero-order valence-corrected chi connectivity index (χ0v) is 6.45. The van der Waals surface area contributed by atoms with Crippen LogP contribution >= 0.6 is 0 Å². The van der Waals surface area contributed by atoms with Crippen molar-refractivity contribution in [1.29, 1.82) is 0 Å². The van der Waals surface area contributed by atoms with Gasteiger partial charge in [-0.1, -0.05) is 0 Å². The van der Waals surface area contributed by atoms with Crippen LogP contribution in [0.4, 0.5) is 0 Å². The van der Waals surface area contributed by atoms with Gasteiger partial charge in [0.05, 0.1) is 0 Å². The predicted octanol–water partition coefficient (Wildman–Crippen LogP) is 0.163. The highest BCUT2D eigenvalue weighted by Gasteiger charge is 1.99. The molecule has 0 aliphatic heterocycles. The van der Waals surface area contributed by atoms with E-state index in [1.165, 1.54) is 6.20 Å². The van der Waals surface area contributed by atoms with Crippen LogP contribution in [0.25, 0.3) is 0 Å². The number of pyridine rings is 1. The fourth-order valence-corrected chi connectivity index (χ4v) is 0.946. The monoisotopic (exact) mass is 153 g/mol. The lowest BCUT2D eigenvalue weighted by Crippen LogP contribution is -2.29.